The first-order valence-corrected chi connectivity index (χ1v) is 16.2. The fraction of sp³-hybridized carbons (Fsp3) is 0.389. The van der Waals surface area contributed by atoms with Crippen LogP contribution in [-0.4, -0.2) is 82.6 Å². The molecule has 1 fully saturated rings. The summed E-state index contributed by atoms with van der Waals surface area (Å²) in [5.41, 5.74) is 0.749. The lowest BCUT2D eigenvalue weighted by Crippen LogP contribution is -2.39. The number of anilines is 1. The van der Waals surface area contributed by atoms with Crippen LogP contribution in [0.25, 0.3) is 11.2 Å². The molecule has 0 radical (unpaired) electrons. The van der Waals surface area contributed by atoms with Crippen LogP contribution in [-0.2, 0) is 39.1 Å². The number of hydrogen-bond acceptors (Lipinski definition) is 11. The summed E-state index contributed by atoms with van der Waals surface area (Å²) in [7, 11) is 4.62. The highest BCUT2D eigenvalue weighted by Gasteiger charge is 2.47. The van der Waals surface area contributed by atoms with Crippen molar-refractivity contribution in [2.45, 2.75) is 56.2 Å². The average Bonchev–Trinajstić information content (AvgIpc) is 3.71. The zero-order valence-corrected chi connectivity index (χ0v) is 28.4. The number of nitrogens with zero attached hydrogens (tertiary/aromatic N) is 3. The topological polar surface area (TPSA) is 168 Å². The summed E-state index contributed by atoms with van der Waals surface area (Å²) in [5, 5.41) is 14.0. The van der Waals surface area contributed by atoms with Gasteiger partial charge in [-0.25, -0.2) is 14.8 Å². The van der Waals surface area contributed by atoms with Crippen LogP contribution >= 0.6 is 0 Å². The normalized spacial score (nSPS) is 21.9. The van der Waals surface area contributed by atoms with Crippen LogP contribution in [0.5, 0.6) is 0 Å². The fourth-order valence-corrected chi connectivity index (χ4v) is 6.20. The van der Waals surface area contributed by atoms with Crippen LogP contribution in [0.4, 0.5) is 5.95 Å². The van der Waals surface area contributed by atoms with Gasteiger partial charge < -0.3 is 24.1 Å². The van der Waals surface area contributed by atoms with E-state index in [1.807, 2.05) is 78.9 Å². The van der Waals surface area contributed by atoms with E-state index in [2.05, 4.69) is 20.3 Å². The van der Waals surface area contributed by atoms with Gasteiger partial charge in [0, 0.05) is 33.7 Å². The first kappa shape index (κ1) is 35.3. The number of nitrogens with one attached hydrogen (secondary N) is 2. The van der Waals surface area contributed by atoms with Crippen LogP contribution in [0.2, 0.25) is 0 Å². The summed E-state index contributed by atoms with van der Waals surface area (Å²) in [5.74, 6) is -1.63. The number of carbonyl (C=O) groups excluding carboxylic acids is 1. The van der Waals surface area contributed by atoms with Crippen molar-refractivity contribution in [1.82, 2.24) is 19.5 Å². The maximum atomic E-state index is 12.8. The van der Waals surface area contributed by atoms with Gasteiger partial charge in [0.2, 0.25) is 11.9 Å². The first-order chi connectivity index (χ1) is 24.2. The van der Waals surface area contributed by atoms with Crippen molar-refractivity contribution >= 4 is 23.0 Å². The highest BCUT2D eigenvalue weighted by Crippen LogP contribution is 2.44. The predicted molar refractivity (Wildman–Crippen MR) is 182 cm³/mol. The molecule has 4 atom stereocenters. The molecule has 14 nitrogen and oxygen atoms in total. The summed E-state index contributed by atoms with van der Waals surface area (Å²) < 4.78 is 24.8. The largest absolute Gasteiger partial charge is 0.387 e. The Morgan fingerprint density at radius 3 is 2.32 bits per heavy atom. The Kier molecular flexibility index (Phi) is 10.4. The number of carbonyl (C=O) groups is 1. The van der Waals surface area contributed by atoms with E-state index in [0.717, 1.165) is 16.7 Å². The summed E-state index contributed by atoms with van der Waals surface area (Å²) in [6.07, 6.45) is 3.57. The molecule has 3 N–H and O–H groups in total. The Morgan fingerprint density at radius 1 is 1.10 bits per heavy atom. The van der Waals surface area contributed by atoms with E-state index in [4.69, 9.17) is 28.7 Å². The lowest BCUT2D eigenvalue weighted by Gasteiger charge is -2.38. The van der Waals surface area contributed by atoms with Gasteiger partial charge >= 0.3 is 0 Å². The number of H-pyrrole nitrogens is 1. The number of aliphatic hydroxyl groups is 1. The average molecular weight is 688 g/mol. The van der Waals surface area contributed by atoms with Crippen LogP contribution < -0.4 is 10.9 Å². The molecule has 2 aliphatic rings. The molecule has 1 aliphatic heterocycles. The maximum absolute atomic E-state index is 12.8. The van der Waals surface area contributed by atoms with Crippen LogP contribution in [0, 0.1) is 5.92 Å². The number of fused-ring (bicyclic) bond motifs is 1. The Balaban J connectivity index is 1.29. The first-order valence-electron chi connectivity index (χ1n) is 16.2. The number of aromatic nitrogens is 4. The second-order valence-corrected chi connectivity index (χ2v) is 12.3. The third kappa shape index (κ3) is 6.54. The minimum absolute atomic E-state index is 0.0267. The lowest BCUT2D eigenvalue weighted by molar-refractivity contribution is -0.356. The molecule has 1 aliphatic carbocycles. The van der Waals surface area contributed by atoms with Crippen molar-refractivity contribution in [1.29, 1.82) is 0 Å². The van der Waals surface area contributed by atoms with E-state index in [9.17, 15) is 14.7 Å². The number of aliphatic hydroxyl groups excluding tert-OH is 1. The molecule has 1 saturated heterocycles. The van der Waals surface area contributed by atoms with Gasteiger partial charge in [0.05, 0.1) is 6.33 Å². The van der Waals surface area contributed by atoms with Gasteiger partial charge in [0.25, 0.3) is 5.56 Å². The minimum Gasteiger partial charge on any atom is -0.387 e. The molecule has 264 valence electrons. The van der Waals surface area contributed by atoms with E-state index < -0.39 is 41.5 Å². The van der Waals surface area contributed by atoms with Crippen LogP contribution in [0.3, 0.4) is 0 Å². The summed E-state index contributed by atoms with van der Waals surface area (Å²) >= 11 is 0. The molecule has 3 heterocycles. The summed E-state index contributed by atoms with van der Waals surface area (Å²) in [6.45, 7) is 3.24. The zero-order valence-electron chi connectivity index (χ0n) is 28.4. The molecule has 50 heavy (non-hydrogen) atoms. The number of aromatic amines is 1. The Labute approximate surface area is 288 Å². The molecule has 0 bridgehead atoms. The Bertz CT molecular complexity index is 1860. The van der Waals surface area contributed by atoms with Crippen molar-refractivity contribution in [3.8, 4) is 0 Å². The zero-order chi connectivity index (χ0) is 35.5. The van der Waals surface area contributed by atoms with Gasteiger partial charge in [-0.3, -0.25) is 24.5 Å². The molecule has 2 aromatic carbocycles. The number of amides is 1. The number of imidazole rings is 1. The number of hydrogen-bond donors (Lipinski definition) is 3. The Morgan fingerprint density at radius 2 is 1.76 bits per heavy atom. The molecule has 6 rings (SSSR count). The van der Waals surface area contributed by atoms with E-state index in [1.54, 1.807) is 28.1 Å². The van der Waals surface area contributed by atoms with Crippen LogP contribution in [0.15, 0.2) is 95.6 Å². The van der Waals surface area contributed by atoms with Crippen molar-refractivity contribution in [3.63, 3.8) is 0 Å². The predicted octanol–water partition coefficient (Wildman–Crippen LogP) is 3.75. The van der Waals surface area contributed by atoms with Gasteiger partial charge in [-0.05, 0) is 22.8 Å². The second kappa shape index (κ2) is 14.7. The van der Waals surface area contributed by atoms with E-state index in [-0.39, 0.29) is 35.5 Å². The highest BCUT2D eigenvalue weighted by atomic mass is 17.2. The molecule has 0 spiro atoms. The number of rotatable bonds is 13. The van der Waals surface area contributed by atoms with Gasteiger partial charge in [0.1, 0.15) is 24.9 Å². The van der Waals surface area contributed by atoms with Gasteiger partial charge in [0.15, 0.2) is 28.8 Å². The van der Waals surface area contributed by atoms with E-state index in [0.29, 0.717) is 6.42 Å². The minimum atomic E-state index is -1.24. The standard InChI is InChI=1S/C36H41N5O9/c1-22(2)31(43)39-34-38-30-27(32(44)40-34)37-21-41(30)33-29(45-3)28(42)26(49-33)20-48-50-36(23-12-8-6-9-13-23,24-14-10-7-11-15-24)25-16-18-35(46-4,47-5)19-17-25/h6-18,21-22,26,28-29,33,42H,19-20H2,1-5H3,(H2,38,39,40,43,44)/t26-,28-,29-,33-/m1/s1. The van der Waals surface area contributed by atoms with E-state index >= 15 is 0 Å². The van der Waals surface area contributed by atoms with Crippen molar-refractivity contribution in [2.24, 2.45) is 5.92 Å². The fourth-order valence-electron chi connectivity index (χ4n) is 6.20. The molecular formula is C36H41N5O9. The van der Waals surface area contributed by atoms with Crippen molar-refractivity contribution in [3.05, 3.63) is 112 Å². The van der Waals surface area contributed by atoms with E-state index in [1.165, 1.54) is 18.0 Å². The monoisotopic (exact) mass is 687 g/mol. The van der Waals surface area contributed by atoms with Crippen molar-refractivity contribution < 1.29 is 38.6 Å². The van der Waals surface area contributed by atoms with Gasteiger partial charge in [-0.1, -0.05) is 86.7 Å². The summed E-state index contributed by atoms with van der Waals surface area (Å²) in [6, 6.07) is 19.3. The SMILES string of the molecule is CO[C@@H]1[C@H](O)[C@@H](COOC(C2=CCC(OC)(OC)C=C2)(c2ccccc2)c2ccccc2)O[C@H]1n1cnc2c(=O)[nH]c(NC(=O)C(C)C)nc21. The molecule has 4 aromatic rings. The van der Waals surface area contributed by atoms with Crippen molar-refractivity contribution in [2.75, 3.05) is 33.3 Å². The molecular weight excluding hydrogens is 646 g/mol. The Hall–Kier alpha value is -4.54. The summed E-state index contributed by atoms with van der Waals surface area (Å²) in [4.78, 5) is 48.9. The number of benzene rings is 2. The molecule has 1 amide bonds. The lowest BCUT2D eigenvalue weighted by atomic mass is 9.77. The molecule has 0 saturated carbocycles. The smallest absolute Gasteiger partial charge is 0.280 e. The molecule has 0 unspecified atom stereocenters. The van der Waals surface area contributed by atoms with Gasteiger partial charge in [-0.15, -0.1) is 0 Å². The van der Waals surface area contributed by atoms with Gasteiger partial charge in [-0.2, -0.15) is 4.98 Å². The maximum Gasteiger partial charge on any atom is 0.280 e. The quantitative estimate of drug-likeness (QED) is 0.106. The molecule has 14 heteroatoms. The number of ether oxygens (including phenoxy) is 4. The van der Waals surface area contributed by atoms with Crippen LogP contribution in [0.1, 0.15) is 37.6 Å². The molecule has 2 aromatic heterocycles. The second-order valence-electron chi connectivity index (χ2n) is 12.3. The third-order valence-electron chi connectivity index (χ3n) is 9.06. The highest BCUT2D eigenvalue weighted by molar-refractivity contribution is 5.91. The number of methoxy groups -OCH3 is 3. The third-order valence-corrected chi connectivity index (χ3v) is 9.06.